The third-order valence-corrected chi connectivity index (χ3v) is 5.27. The van der Waals surface area contributed by atoms with Crippen molar-refractivity contribution < 1.29 is 4.74 Å². The Morgan fingerprint density at radius 1 is 1.12 bits per heavy atom. The van der Waals surface area contributed by atoms with Crippen LogP contribution in [0.2, 0.25) is 0 Å². The molecule has 25 heavy (non-hydrogen) atoms. The number of nitrogens with zero attached hydrogens (tertiary/aromatic N) is 4. The Balaban J connectivity index is 1.55. The first kappa shape index (κ1) is 18.2. The summed E-state index contributed by atoms with van der Waals surface area (Å²) in [4.78, 5) is 2.45. The lowest BCUT2D eigenvalue weighted by atomic mass is 10.1. The Morgan fingerprint density at radius 2 is 1.92 bits per heavy atom. The van der Waals surface area contributed by atoms with Crippen LogP contribution in [0.5, 0.6) is 0 Å². The van der Waals surface area contributed by atoms with Gasteiger partial charge in [0.05, 0.1) is 13.2 Å². The van der Waals surface area contributed by atoms with Gasteiger partial charge in [-0.1, -0.05) is 48.2 Å². The Hall–Kier alpha value is -1.63. The minimum absolute atomic E-state index is 0.761. The van der Waals surface area contributed by atoms with Crippen molar-refractivity contribution in [1.29, 1.82) is 0 Å². The molecule has 0 unspecified atom stereocenters. The quantitative estimate of drug-likeness (QED) is 0.509. The zero-order valence-electron chi connectivity index (χ0n) is 14.6. The minimum atomic E-state index is 0.761. The van der Waals surface area contributed by atoms with Crippen molar-refractivity contribution in [1.82, 2.24) is 19.7 Å². The lowest BCUT2D eigenvalue weighted by Crippen LogP contribution is -2.37. The van der Waals surface area contributed by atoms with Crippen molar-refractivity contribution in [3.05, 3.63) is 54.4 Å². The van der Waals surface area contributed by atoms with E-state index in [1.807, 2.05) is 12.1 Å². The molecule has 1 aliphatic rings. The molecule has 6 heteroatoms. The predicted octanol–water partition coefficient (Wildman–Crippen LogP) is 2.67. The highest BCUT2D eigenvalue weighted by Crippen LogP contribution is 2.18. The van der Waals surface area contributed by atoms with Gasteiger partial charge < -0.3 is 9.30 Å². The van der Waals surface area contributed by atoms with E-state index in [1.54, 1.807) is 11.8 Å². The second-order valence-corrected chi connectivity index (χ2v) is 7.15. The molecule has 0 bridgehead atoms. The van der Waals surface area contributed by atoms with Crippen molar-refractivity contribution in [2.24, 2.45) is 0 Å². The molecule has 2 heterocycles. The molecule has 1 fully saturated rings. The number of rotatable bonds is 9. The molecule has 134 valence electrons. The average molecular weight is 359 g/mol. The van der Waals surface area contributed by atoms with Gasteiger partial charge in [-0.15, -0.1) is 16.8 Å². The van der Waals surface area contributed by atoms with Gasteiger partial charge in [-0.3, -0.25) is 4.90 Å². The maximum atomic E-state index is 5.40. The van der Waals surface area contributed by atoms with E-state index >= 15 is 0 Å². The van der Waals surface area contributed by atoms with Crippen molar-refractivity contribution in [3.8, 4) is 0 Å². The third kappa shape index (κ3) is 5.42. The Labute approximate surface area is 154 Å². The number of thioether (sulfide) groups is 1. The summed E-state index contributed by atoms with van der Waals surface area (Å²) < 4.78 is 7.59. The van der Waals surface area contributed by atoms with Gasteiger partial charge in [0, 0.05) is 38.4 Å². The number of ether oxygens (including phenoxy) is 1. The molecule has 0 amide bonds. The van der Waals surface area contributed by atoms with Crippen molar-refractivity contribution >= 4 is 11.8 Å². The minimum Gasteiger partial charge on any atom is -0.379 e. The normalized spacial score (nSPS) is 15.4. The van der Waals surface area contributed by atoms with E-state index in [-0.39, 0.29) is 0 Å². The summed E-state index contributed by atoms with van der Waals surface area (Å²) in [6.07, 6.45) is 3.80. The van der Waals surface area contributed by atoms with Gasteiger partial charge >= 0.3 is 0 Å². The summed E-state index contributed by atoms with van der Waals surface area (Å²) in [6, 6.07) is 10.5. The molecule has 1 aliphatic heterocycles. The number of morpholine rings is 1. The molecule has 1 aromatic carbocycles. The second-order valence-electron chi connectivity index (χ2n) is 6.09. The summed E-state index contributed by atoms with van der Waals surface area (Å²) >= 11 is 1.78. The first-order valence-electron chi connectivity index (χ1n) is 8.86. The Kier molecular flexibility index (Phi) is 7.09. The highest BCUT2D eigenvalue weighted by Gasteiger charge is 2.14. The summed E-state index contributed by atoms with van der Waals surface area (Å²) in [6.45, 7) is 9.46. The number of allylic oxidation sites excluding steroid dienone is 1. The lowest BCUT2D eigenvalue weighted by Gasteiger charge is -2.26. The van der Waals surface area contributed by atoms with E-state index in [4.69, 9.17) is 4.74 Å². The molecule has 0 radical (unpaired) electrons. The monoisotopic (exact) mass is 358 g/mol. The van der Waals surface area contributed by atoms with Crippen LogP contribution in [0.3, 0.4) is 0 Å². The summed E-state index contributed by atoms with van der Waals surface area (Å²) in [5.74, 6) is 2.06. The smallest absolute Gasteiger partial charge is 0.191 e. The van der Waals surface area contributed by atoms with E-state index in [2.05, 4.69) is 50.5 Å². The van der Waals surface area contributed by atoms with Crippen LogP contribution in [-0.4, -0.2) is 58.3 Å². The lowest BCUT2D eigenvalue weighted by molar-refractivity contribution is 0.0410. The van der Waals surface area contributed by atoms with Crippen molar-refractivity contribution in [2.45, 2.75) is 24.5 Å². The highest BCUT2D eigenvalue weighted by molar-refractivity contribution is 7.99. The maximum absolute atomic E-state index is 5.40. The van der Waals surface area contributed by atoms with Crippen molar-refractivity contribution in [2.75, 3.05) is 38.6 Å². The molecule has 5 nitrogen and oxygen atoms in total. The number of hydrogen-bond acceptors (Lipinski definition) is 5. The molecule has 1 aromatic heterocycles. The Bertz CT molecular complexity index is 653. The van der Waals surface area contributed by atoms with Crippen LogP contribution >= 0.6 is 11.8 Å². The molecule has 0 atom stereocenters. The summed E-state index contributed by atoms with van der Waals surface area (Å²) in [5, 5.41) is 9.84. The largest absolute Gasteiger partial charge is 0.379 e. The first-order valence-corrected chi connectivity index (χ1v) is 9.85. The fourth-order valence-electron chi connectivity index (χ4n) is 2.91. The van der Waals surface area contributed by atoms with Gasteiger partial charge in [0.15, 0.2) is 5.16 Å². The predicted molar refractivity (Wildman–Crippen MR) is 102 cm³/mol. The van der Waals surface area contributed by atoms with Crippen LogP contribution in [0, 0.1) is 0 Å². The van der Waals surface area contributed by atoms with Crippen molar-refractivity contribution in [3.63, 3.8) is 0 Å². The Morgan fingerprint density at radius 3 is 2.68 bits per heavy atom. The van der Waals surface area contributed by atoms with Gasteiger partial charge in [0.1, 0.15) is 5.82 Å². The molecule has 0 N–H and O–H groups in total. The van der Waals surface area contributed by atoms with Crippen LogP contribution in [-0.2, 0) is 24.1 Å². The molecule has 2 aromatic rings. The van der Waals surface area contributed by atoms with E-state index < -0.39 is 0 Å². The van der Waals surface area contributed by atoms with Gasteiger partial charge in [-0.2, -0.15) is 0 Å². The van der Waals surface area contributed by atoms with E-state index in [0.717, 1.165) is 69.0 Å². The van der Waals surface area contributed by atoms with Gasteiger partial charge in [-0.05, 0) is 12.0 Å². The zero-order valence-corrected chi connectivity index (χ0v) is 15.5. The fraction of sp³-hybridized carbons (Fsp3) is 0.474. The van der Waals surface area contributed by atoms with Gasteiger partial charge in [-0.25, -0.2) is 0 Å². The topological polar surface area (TPSA) is 43.2 Å². The van der Waals surface area contributed by atoms with Crippen LogP contribution in [0.15, 0.2) is 48.1 Å². The summed E-state index contributed by atoms with van der Waals surface area (Å²) in [5.41, 5.74) is 1.33. The maximum Gasteiger partial charge on any atom is 0.191 e. The molecule has 0 aliphatic carbocycles. The zero-order chi connectivity index (χ0) is 17.3. The molecule has 1 saturated heterocycles. The first-order chi connectivity index (χ1) is 12.4. The standard InChI is InChI=1S/C19H26N4OS/c1-2-10-23-18(9-8-17-6-4-3-5-7-17)20-21-19(23)25-16-13-22-11-14-24-15-12-22/h2-7H,1,8-16H2. The number of benzene rings is 1. The molecule has 0 spiro atoms. The van der Waals surface area contributed by atoms with Crippen LogP contribution in [0.4, 0.5) is 0 Å². The molecular weight excluding hydrogens is 332 g/mol. The number of hydrogen-bond donors (Lipinski definition) is 0. The third-order valence-electron chi connectivity index (χ3n) is 4.33. The van der Waals surface area contributed by atoms with Crippen LogP contribution in [0.1, 0.15) is 11.4 Å². The number of aryl methyl sites for hydroxylation is 2. The number of aromatic nitrogens is 3. The van der Waals surface area contributed by atoms with Gasteiger partial charge in [0.2, 0.25) is 0 Å². The summed E-state index contributed by atoms with van der Waals surface area (Å²) in [7, 11) is 0. The van der Waals surface area contributed by atoms with Crippen LogP contribution < -0.4 is 0 Å². The molecule has 3 rings (SSSR count). The van der Waals surface area contributed by atoms with E-state index in [1.165, 1.54) is 5.56 Å². The van der Waals surface area contributed by atoms with Crippen LogP contribution in [0.25, 0.3) is 0 Å². The fourth-order valence-corrected chi connectivity index (χ4v) is 3.88. The van der Waals surface area contributed by atoms with Gasteiger partial charge in [0.25, 0.3) is 0 Å². The highest BCUT2D eigenvalue weighted by atomic mass is 32.2. The van der Waals surface area contributed by atoms with E-state index in [0.29, 0.717) is 0 Å². The van der Waals surface area contributed by atoms with E-state index in [9.17, 15) is 0 Å². The molecular formula is C19H26N4OS. The SMILES string of the molecule is C=CCn1c(CCc2ccccc2)nnc1SCCN1CCOCC1. The average Bonchev–Trinajstić information content (AvgIpc) is 3.04. The second kappa shape index (κ2) is 9.75. The molecule has 0 saturated carbocycles.